The number of alkyl halides is 3. The standard InChI is InChI=1S/C24H23Cl2FN2O3.C2HF3O/c1-15(18-4-3-5-19(27)12-18)28(2)14-22-20(25)13-21(26)23(30)29(22)11-10-16-6-8-17(9-7-16)24(31)32;3-2(4,5)1-6/h3-9,12-13,15H,10-11,14H2,1-2H3,(H,31,32);1H. The number of pyridine rings is 1. The Kier molecular flexibility index (Phi) is 11.1. The van der Waals surface area contributed by atoms with Gasteiger partial charge < -0.3 is 9.67 Å². The maximum absolute atomic E-state index is 13.6. The van der Waals surface area contributed by atoms with E-state index in [1.54, 1.807) is 22.8 Å². The number of nitrogens with zero attached hydrogens (tertiary/aromatic N) is 2. The zero-order chi connectivity index (χ0) is 28.6. The van der Waals surface area contributed by atoms with Gasteiger partial charge in [-0.2, -0.15) is 13.2 Å². The second kappa shape index (κ2) is 13.5. The number of hydrogen-bond acceptors (Lipinski definition) is 4. The number of aromatic carboxylic acids is 1. The molecule has 1 unspecified atom stereocenters. The summed E-state index contributed by atoms with van der Waals surface area (Å²) in [7, 11) is 1.87. The number of carbonyl (C=O) groups excluding carboxylic acids is 1. The van der Waals surface area contributed by atoms with Crippen LogP contribution in [0.15, 0.2) is 59.4 Å². The van der Waals surface area contributed by atoms with E-state index in [2.05, 4.69) is 0 Å². The lowest BCUT2D eigenvalue weighted by Crippen LogP contribution is -2.30. The fourth-order valence-corrected chi connectivity index (χ4v) is 4.02. The van der Waals surface area contributed by atoms with Gasteiger partial charge in [-0.05, 0) is 61.9 Å². The first kappa shape index (κ1) is 31.0. The monoisotopic (exact) mass is 574 g/mol. The minimum absolute atomic E-state index is 0.0285. The Hall–Kier alpha value is -3.21. The number of aldehydes is 1. The Morgan fingerprint density at radius 3 is 2.24 bits per heavy atom. The molecule has 0 aliphatic rings. The van der Waals surface area contributed by atoms with Crippen molar-refractivity contribution in [2.45, 2.75) is 38.7 Å². The van der Waals surface area contributed by atoms with E-state index in [4.69, 9.17) is 33.1 Å². The fraction of sp³-hybridized carbons (Fsp3) is 0.269. The Bertz CT molecular complexity index is 1330. The van der Waals surface area contributed by atoms with Gasteiger partial charge in [0, 0.05) is 19.1 Å². The smallest absolute Gasteiger partial charge is 0.446 e. The molecule has 0 spiro atoms. The number of carboxylic acids is 1. The highest BCUT2D eigenvalue weighted by Gasteiger charge is 2.25. The summed E-state index contributed by atoms with van der Waals surface area (Å²) in [6.07, 6.45) is -5.21. The molecule has 0 fully saturated rings. The van der Waals surface area contributed by atoms with Crippen LogP contribution in [-0.2, 0) is 24.3 Å². The van der Waals surface area contributed by atoms with Crippen LogP contribution in [-0.4, -0.2) is 40.1 Å². The summed E-state index contributed by atoms with van der Waals surface area (Å²) in [5, 5.41) is 9.44. The zero-order valence-corrected chi connectivity index (χ0v) is 21.8. The number of carboxylic acid groups (broad SMARTS) is 1. The van der Waals surface area contributed by atoms with Crippen LogP contribution in [0.25, 0.3) is 0 Å². The molecule has 0 saturated carbocycles. The Morgan fingerprint density at radius 1 is 1.11 bits per heavy atom. The topological polar surface area (TPSA) is 79.6 Å². The largest absolute Gasteiger partial charge is 0.478 e. The molecule has 1 heterocycles. The van der Waals surface area contributed by atoms with Crippen LogP contribution >= 0.6 is 23.2 Å². The summed E-state index contributed by atoms with van der Waals surface area (Å²) in [6.45, 7) is 2.62. The van der Waals surface area contributed by atoms with E-state index in [1.165, 1.54) is 30.3 Å². The Morgan fingerprint density at radius 2 is 1.71 bits per heavy atom. The molecule has 3 aromatic rings. The van der Waals surface area contributed by atoms with Gasteiger partial charge in [0.25, 0.3) is 5.56 Å². The minimum atomic E-state index is -4.64. The summed E-state index contributed by atoms with van der Waals surface area (Å²) >= 11 is 12.6. The number of hydrogen-bond donors (Lipinski definition) is 1. The molecule has 0 aliphatic heterocycles. The summed E-state index contributed by atoms with van der Waals surface area (Å²) in [5.41, 5.74) is 2.15. The van der Waals surface area contributed by atoms with Gasteiger partial charge in [-0.1, -0.05) is 47.5 Å². The van der Waals surface area contributed by atoms with Crippen molar-refractivity contribution in [2.75, 3.05) is 7.05 Å². The fourth-order valence-electron chi connectivity index (χ4n) is 3.48. The van der Waals surface area contributed by atoms with Gasteiger partial charge in [0.1, 0.15) is 10.8 Å². The molecule has 1 N–H and O–H groups in total. The van der Waals surface area contributed by atoms with E-state index < -0.39 is 18.4 Å². The molecular formula is C26H24Cl2F4N2O4. The first-order chi connectivity index (χ1) is 17.7. The van der Waals surface area contributed by atoms with E-state index >= 15 is 0 Å². The zero-order valence-electron chi connectivity index (χ0n) is 20.3. The van der Waals surface area contributed by atoms with Gasteiger partial charge in [-0.25, -0.2) is 9.18 Å². The van der Waals surface area contributed by atoms with E-state index in [-0.39, 0.29) is 28.0 Å². The van der Waals surface area contributed by atoms with Crippen LogP contribution in [0.2, 0.25) is 10.0 Å². The predicted molar refractivity (Wildman–Crippen MR) is 136 cm³/mol. The van der Waals surface area contributed by atoms with Gasteiger partial charge >= 0.3 is 12.1 Å². The summed E-state index contributed by atoms with van der Waals surface area (Å²) in [5.74, 6) is -1.30. The Balaban J connectivity index is 0.000000757. The van der Waals surface area contributed by atoms with Gasteiger partial charge in [-0.15, -0.1) is 0 Å². The summed E-state index contributed by atoms with van der Waals surface area (Å²) in [4.78, 5) is 34.5. The SMILES string of the molecule is CC(c1cccc(F)c1)N(C)Cc1c(Cl)cc(Cl)c(=O)n1CCc1ccc(C(=O)O)cc1.O=CC(F)(F)F. The average Bonchev–Trinajstić information content (AvgIpc) is 2.86. The average molecular weight is 575 g/mol. The van der Waals surface area contributed by atoms with Crippen molar-refractivity contribution in [3.63, 3.8) is 0 Å². The quantitative estimate of drug-likeness (QED) is 0.257. The van der Waals surface area contributed by atoms with E-state index in [0.29, 0.717) is 30.2 Å². The molecule has 3 rings (SSSR count). The van der Waals surface area contributed by atoms with Crippen molar-refractivity contribution in [2.24, 2.45) is 0 Å². The van der Waals surface area contributed by atoms with Crippen molar-refractivity contribution in [1.29, 1.82) is 0 Å². The first-order valence-electron chi connectivity index (χ1n) is 11.1. The highest BCUT2D eigenvalue weighted by atomic mass is 35.5. The van der Waals surface area contributed by atoms with Crippen molar-refractivity contribution < 1.29 is 32.3 Å². The number of aryl methyl sites for hydroxylation is 1. The molecule has 0 saturated heterocycles. The van der Waals surface area contributed by atoms with Gasteiger partial charge in [0.15, 0.2) is 0 Å². The van der Waals surface area contributed by atoms with E-state index in [0.717, 1.165) is 11.1 Å². The van der Waals surface area contributed by atoms with Gasteiger partial charge in [0.05, 0.1) is 16.3 Å². The normalized spacial score (nSPS) is 12.0. The van der Waals surface area contributed by atoms with E-state index in [1.807, 2.05) is 24.9 Å². The Labute approximate surface area is 226 Å². The summed E-state index contributed by atoms with van der Waals surface area (Å²) in [6, 6.07) is 14.2. The molecule has 38 heavy (non-hydrogen) atoms. The van der Waals surface area contributed by atoms with Gasteiger partial charge in [-0.3, -0.25) is 14.5 Å². The van der Waals surface area contributed by atoms with Crippen molar-refractivity contribution in [3.8, 4) is 0 Å². The lowest BCUT2D eigenvalue weighted by atomic mass is 10.1. The molecule has 1 aromatic heterocycles. The number of benzene rings is 2. The van der Waals surface area contributed by atoms with Gasteiger partial charge in [0.2, 0.25) is 6.29 Å². The highest BCUT2D eigenvalue weighted by molar-refractivity contribution is 6.34. The third kappa shape index (κ3) is 8.97. The van der Waals surface area contributed by atoms with Crippen molar-refractivity contribution in [1.82, 2.24) is 9.47 Å². The third-order valence-corrected chi connectivity index (χ3v) is 6.25. The number of halogens is 6. The highest BCUT2D eigenvalue weighted by Crippen LogP contribution is 2.25. The molecule has 1 atom stereocenters. The molecule has 0 aliphatic carbocycles. The first-order valence-corrected chi connectivity index (χ1v) is 11.9. The molecule has 204 valence electrons. The van der Waals surface area contributed by atoms with Crippen LogP contribution in [0.4, 0.5) is 17.6 Å². The molecule has 0 bridgehead atoms. The molecule has 0 amide bonds. The van der Waals surface area contributed by atoms with Crippen LogP contribution in [0, 0.1) is 5.82 Å². The second-order valence-corrected chi connectivity index (χ2v) is 9.12. The van der Waals surface area contributed by atoms with Crippen LogP contribution in [0.3, 0.4) is 0 Å². The molecule has 6 nitrogen and oxygen atoms in total. The number of carbonyl (C=O) groups is 2. The maximum atomic E-state index is 13.6. The number of rotatable bonds is 8. The lowest BCUT2D eigenvalue weighted by molar-refractivity contribution is -0.156. The summed E-state index contributed by atoms with van der Waals surface area (Å²) < 4.78 is 46.4. The second-order valence-electron chi connectivity index (χ2n) is 8.30. The van der Waals surface area contributed by atoms with E-state index in [9.17, 15) is 27.2 Å². The molecular weight excluding hydrogens is 551 g/mol. The minimum Gasteiger partial charge on any atom is -0.478 e. The van der Waals surface area contributed by atoms with Crippen LogP contribution in [0.1, 0.15) is 40.1 Å². The van der Waals surface area contributed by atoms with Crippen LogP contribution < -0.4 is 5.56 Å². The predicted octanol–water partition coefficient (Wildman–Crippen LogP) is 6.18. The molecule has 12 heteroatoms. The van der Waals surface area contributed by atoms with Crippen molar-refractivity contribution >= 4 is 35.5 Å². The lowest BCUT2D eigenvalue weighted by Gasteiger charge is -2.27. The molecule has 0 radical (unpaired) electrons. The number of aromatic nitrogens is 1. The third-order valence-electron chi connectivity index (χ3n) is 5.65. The maximum Gasteiger partial charge on any atom is 0.446 e. The molecule has 2 aromatic carbocycles. The van der Waals surface area contributed by atoms with Crippen LogP contribution in [0.5, 0.6) is 0 Å². The van der Waals surface area contributed by atoms with Crippen molar-refractivity contribution in [3.05, 3.63) is 103 Å².